The van der Waals surface area contributed by atoms with E-state index in [-0.39, 0.29) is 5.91 Å². The van der Waals surface area contributed by atoms with Gasteiger partial charge in [0.2, 0.25) is 0 Å². The Kier molecular flexibility index (Phi) is 6.24. The van der Waals surface area contributed by atoms with Crippen molar-refractivity contribution in [2.75, 3.05) is 26.8 Å². The second-order valence-electron chi connectivity index (χ2n) is 3.75. The fourth-order valence-corrected chi connectivity index (χ4v) is 2.39. The predicted octanol–water partition coefficient (Wildman–Crippen LogP) is 1.95. The summed E-state index contributed by atoms with van der Waals surface area (Å²) >= 11 is 1.31. The summed E-state index contributed by atoms with van der Waals surface area (Å²) in [6.45, 7) is 3.48. The summed E-state index contributed by atoms with van der Waals surface area (Å²) in [4.78, 5) is 25.0. The highest BCUT2D eigenvalue weighted by Gasteiger charge is 2.17. The molecule has 0 unspecified atom stereocenters. The van der Waals surface area contributed by atoms with Gasteiger partial charge in [-0.1, -0.05) is 0 Å². The summed E-state index contributed by atoms with van der Waals surface area (Å²) in [5.41, 5.74) is 0.633. The minimum atomic E-state index is -1.03. The number of carbonyl (C=O) groups is 2. The molecule has 0 saturated heterocycles. The molecule has 1 N–H and O–H groups in total. The van der Waals surface area contributed by atoms with Crippen molar-refractivity contribution in [3.63, 3.8) is 0 Å². The van der Waals surface area contributed by atoms with E-state index >= 15 is 0 Å². The number of carboxylic acids is 1. The lowest BCUT2D eigenvalue weighted by Crippen LogP contribution is -2.33. The number of hydrogen-bond acceptors (Lipinski definition) is 4. The van der Waals surface area contributed by atoms with Crippen LogP contribution in [-0.4, -0.2) is 48.7 Å². The molecule has 104 valence electrons. The molecule has 0 atom stereocenters. The lowest BCUT2D eigenvalue weighted by atomic mass is 10.2. The van der Waals surface area contributed by atoms with Crippen molar-refractivity contribution in [2.24, 2.45) is 0 Å². The third kappa shape index (κ3) is 4.50. The minimum absolute atomic E-state index is 0.0976. The summed E-state index contributed by atoms with van der Waals surface area (Å²) < 4.78 is 4.97. The van der Waals surface area contributed by atoms with Gasteiger partial charge >= 0.3 is 5.97 Å². The van der Waals surface area contributed by atoms with Gasteiger partial charge in [0.05, 0.1) is 11.5 Å². The van der Waals surface area contributed by atoms with Crippen molar-refractivity contribution in [1.82, 2.24) is 4.90 Å². The molecule has 5 nitrogen and oxygen atoms in total. The van der Waals surface area contributed by atoms with Crippen LogP contribution in [-0.2, 0) is 9.53 Å². The maximum atomic E-state index is 12.3. The topological polar surface area (TPSA) is 66.8 Å². The maximum Gasteiger partial charge on any atom is 0.328 e. The van der Waals surface area contributed by atoms with E-state index < -0.39 is 5.97 Å². The first-order valence-corrected chi connectivity index (χ1v) is 6.74. The predicted molar refractivity (Wildman–Crippen MR) is 74.4 cm³/mol. The van der Waals surface area contributed by atoms with Gasteiger partial charge in [-0.2, -0.15) is 0 Å². The van der Waals surface area contributed by atoms with Crippen molar-refractivity contribution < 1.29 is 19.4 Å². The average molecular weight is 283 g/mol. The third-order valence-corrected chi connectivity index (χ3v) is 3.45. The molecule has 1 rings (SSSR count). The number of carboxylic acid groups (broad SMARTS) is 1. The number of carbonyl (C=O) groups excluding carboxylic acids is 1. The molecule has 0 aliphatic rings. The van der Waals surface area contributed by atoms with E-state index in [9.17, 15) is 9.59 Å². The van der Waals surface area contributed by atoms with Gasteiger partial charge in [-0.15, -0.1) is 11.3 Å². The SMILES string of the molecule is CCN(CCOC)C(=O)c1sccc1C=CC(=O)O. The zero-order valence-electron chi connectivity index (χ0n) is 11.0. The molecule has 1 amide bonds. The number of amides is 1. The van der Waals surface area contributed by atoms with Crippen molar-refractivity contribution in [3.05, 3.63) is 28.0 Å². The molecule has 19 heavy (non-hydrogen) atoms. The first-order chi connectivity index (χ1) is 9.10. The standard InChI is InChI=1S/C13H17NO4S/c1-3-14(7-8-18-2)13(17)12-10(6-9-19-12)4-5-11(15)16/h4-6,9H,3,7-8H2,1-2H3,(H,15,16). The lowest BCUT2D eigenvalue weighted by molar-refractivity contribution is -0.131. The minimum Gasteiger partial charge on any atom is -0.478 e. The van der Waals surface area contributed by atoms with Crippen LogP contribution < -0.4 is 0 Å². The number of nitrogens with zero attached hydrogens (tertiary/aromatic N) is 1. The maximum absolute atomic E-state index is 12.3. The van der Waals surface area contributed by atoms with Gasteiger partial charge in [0.25, 0.3) is 5.91 Å². The third-order valence-electron chi connectivity index (χ3n) is 2.53. The van der Waals surface area contributed by atoms with Crippen LogP contribution in [0.4, 0.5) is 0 Å². The largest absolute Gasteiger partial charge is 0.478 e. The Morgan fingerprint density at radius 3 is 2.84 bits per heavy atom. The van der Waals surface area contributed by atoms with Crippen LogP contribution in [0.2, 0.25) is 0 Å². The molecule has 6 heteroatoms. The Morgan fingerprint density at radius 1 is 1.53 bits per heavy atom. The summed E-state index contributed by atoms with van der Waals surface area (Å²) in [6.07, 6.45) is 2.47. The molecule has 0 saturated carbocycles. The number of methoxy groups -OCH3 is 1. The normalized spacial score (nSPS) is 10.8. The molecule has 0 aliphatic heterocycles. The van der Waals surface area contributed by atoms with Gasteiger partial charge in [-0.25, -0.2) is 4.79 Å². The van der Waals surface area contributed by atoms with Crippen molar-refractivity contribution in [1.29, 1.82) is 0 Å². The van der Waals surface area contributed by atoms with Crippen LogP contribution in [0.3, 0.4) is 0 Å². The quantitative estimate of drug-likeness (QED) is 0.777. The molecule has 1 heterocycles. The molecular formula is C13H17NO4S. The summed E-state index contributed by atoms with van der Waals surface area (Å²) in [6, 6.07) is 1.74. The molecule has 0 aliphatic carbocycles. The molecule has 0 radical (unpaired) electrons. The van der Waals surface area contributed by atoms with E-state index in [4.69, 9.17) is 9.84 Å². The van der Waals surface area contributed by atoms with E-state index in [0.29, 0.717) is 30.1 Å². The number of rotatable bonds is 7. The highest BCUT2D eigenvalue weighted by molar-refractivity contribution is 7.12. The lowest BCUT2D eigenvalue weighted by Gasteiger charge is -2.20. The van der Waals surface area contributed by atoms with Gasteiger partial charge in [-0.3, -0.25) is 4.79 Å². The van der Waals surface area contributed by atoms with Gasteiger partial charge in [0.15, 0.2) is 0 Å². The average Bonchev–Trinajstić information content (AvgIpc) is 2.85. The Labute approximate surface area is 116 Å². The fourth-order valence-electron chi connectivity index (χ4n) is 1.53. The highest BCUT2D eigenvalue weighted by atomic mass is 32.1. The Balaban J connectivity index is 2.86. The van der Waals surface area contributed by atoms with E-state index in [1.807, 2.05) is 6.92 Å². The second-order valence-corrected chi connectivity index (χ2v) is 4.67. The van der Waals surface area contributed by atoms with E-state index in [1.165, 1.54) is 17.4 Å². The zero-order chi connectivity index (χ0) is 14.3. The molecule has 1 aromatic rings. The van der Waals surface area contributed by atoms with E-state index in [2.05, 4.69) is 0 Å². The van der Waals surface area contributed by atoms with Crippen LogP contribution in [0.1, 0.15) is 22.2 Å². The Morgan fingerprint density at radius 2 is 2.26 bits per heavy atom. The molecular weight excluding hydrogens is 266 g/mol. The monoisotopic (exact) mass is 283 g/mol. The molecule has 0 fully saturated rings. The number of thiophene rings is 1. The number of likely N-dealkylation sites (N-methyl/N-ethyl adjacent to an activating group) is 1. The van der Waals surface area contributed by atoms with Crippen LogP contribution in [0.25, 0.3) is 6.08 Å². The van der Waals surface area contributed by atoms with Crippen molar-refractivity contribution >= 4 is 29.3 Å². The fraction of sp³-hybridized carbons (Fsp3) is 0.385. The van der Waals surface area contributed by atoms with Gasteiger partial charge < -0.3 is 14.7 Å². The second kappa shape index (κ2) is 7.70. The van der Waals surface area contributed by atoms with Crippen molar-refractivity contribution in [3.8, 4) is 0 Å². The van der Waals surface area contributed by atoms with Gasteiger partial charge in [0.1, 0.15) is 0 Å². The van der Waals surface area contributed by atoms with Gasteiger partial charge in [-0.05, 0) is 30.0 Å². The first-order valence-electron chi connectivity index (χ1n) is 5.86. The molecule has 0 spiro atoms. The van der Waals surface area contributed by atoms with Crippen LogP contribution >= 0.6 is 11.3 Å². The highest BCUT2D eigenvalue weighted by Crippen LogP contribution is 2.20. The van der Waals surface area contributed by atoms with Crippen molar-refractivity contribution in [2.45, 2.75) is 6.92 Å². The van der Waals surface area contributed by atoms with Crippen LogP contribution in [0.15, 0.2) is 17.5 Å². The number of hydrogen-bond donors (Lipinski definition) is 1. The first kappa shape index (κ1) is 15.4. The summed E-state index contributed by atoms with van der Waals surface area (Å²) in [5.74, 6) is -1.13. The van der Waals surface area contributed by atoms with Gasteiger partial charge in [0, 0.05) is 26.3 Å². The van der Waals surface area contributed by atoms with Crippen LogP contribution in [0.5, 0.6) is 0 Å². The van der Waals surface area contributed by atoms with E-state index in [1.54, 1.807) is 23.5 Å². The summed E-state index contributed by atoms with van der Waals surface area (Å²) in [7, 11) is 1.59. The Hall–Kier alpha value is -1.66. The smallest absolute Gasteiger partial charge is 0.328 e. The zero-order valence-corrected chi connectivity index (χ0v) is 11.8. The number of ether oxygens (including phenoxy) is 1. The number of aliphatic carboxylic acids is 1. The van der Waals surface area contributed by atoms with E-state index in [0.717, 1.165) is 6.08 Å². The molecule has 0 bridgehead atoms. The van der Waals surface area contributed by atoms with Crippen LogP contribution in [0, 0.1) is 0 Å². The summed E-state index contributed by atoms with van der Waals surface area (Å²) in [5, 5.41) is 10.4. The Bertz CT molecular complexity index is 467. The molecule has 0 aromatic carbocycles. The molecule has 1 aromatic heterocycles.